The number of ether oxygens (including phenoxy) is 1. The first kappa shape index (κ1) is 13.9. The molecular weight excluding hydrogens is 252 g/mol. The molecule has 2 atom stereocenters. The van der Waals surface area contributed by atoms with Crippen molar-refractivity contribution in [1.29, 1.82) is 0 Å². The third kappa shape index (κ3) is 2.85. The van der Waals surface area contributed by atoms with Crippen LogP contribution in [0.15, 0.2) is 6.20 Å². The summed E-state index contributed by atoms with van der Waals surface area (Å²) in [6.45, 7) is 5.78. The first-order chi connectivity index (χ1) is 9.78. The third-order valence-electron chi connectivity index (χ3n) is 4.21. The molecule has 0 bridgehead atoms. The second-order valence-corrected chi connectivity index (χ2v) is 5.75. The maximum Gasteiger partial charge on any atom is 0.158 e. The van der Waals surface area contributed by atoms with Gasteiger partial charge >= 0.3 is 0 Å². The highest BCUT2D eigenvalue weighted by atomic mass is 16.5. The van der Waals surface area contributed by atoms with Gasteiger partial charge in [0, 0.05) is 36.6 Å². The van der Waals surface area contributed by atoms with Crippen molar-refractivity contribution in [3.05, 3.63) is 23.3 Å². The number of fused-ring (bicyclic) bond motifs is 1. The van der Waals surface area contributed by atoms with Gasteiger partial charge in [-0.2, -0.15) is 0 Å². The second kappa shape index (κ2) is 6.16. The van der Waals surface area contributed by atoms with Gasteiger partial charge in [-0.1, -0.05) is 6.92 Å². The average molecular weight is 276 g/mol. The summed E-state index contributed by atoms with van der Waals surface area (Å²) < 4.78 is 5.82. The van der Waals surface area contributed by atoms with Crippen molar-refractivity contribution in [2.45, 2.75) is 38.3 Å². The lowest BCUT2D eigenvalue weighted by Crippen LogP contribution is -2.36. The normalized spacial score (nSPS) is 27.3. The zero-order chi connectivity index (χ0) is 13.9. The molecule has 0 spiro atoms. The smallest absolute Gasteiger partial charge is 0.158 e. The van der Waals surface area contributed by atoms with E-state index in [1.807, 2.05) is 6.20 Å². The van der Waals surface area contributed by atoms with Crippen LogP contribution in [-0.2, 0) is 11.2 Å². The van der Waals surface area contributed by atoms with E-state index in [4.69, 9.17) is 9.72 Å². The van der Waals surface area contributed by atoms with Crippen molar-refractivity contribution < 1.29 is 4.74 Å². The molecule has 0 saturated carbocycles. The third-order valence-corrected chi connectivity index (χ3v) is 4.21. The maximum atomic E-state index is 5.82. The Balaban J connectivity index is 1.81. The molecule has 0 aromatic carbocycles. The molecule has 2 unspecified atom stereocenters. The minimum atomic E-state index is 0.0264. The quantitative estimate of drug-likeness (QED) is 0.906. The molecule has 2 aliphatic rings. The fourth-order valence-corrected chi connectivity index (χ4v) is 3.11. The number of morpholine rings is 1. The lowest BCUT2D eigenvalue weighted by molar-refractivity contribution is -0.0256. The molecule has 5 heteroatoms. The van der Waals surface area contributed by atoms with Crippen LogP contribution in [0.1, 0.15) is 49.0 Å². The summed E-state index contributed by atoms with van der Waals surface area (Å²) in [4.78, 5) is 11.7. The molecule has 1 fully saturated rings. The van der Waals surface area contributed by atoms with Crippen LogP contribution < -0.4 is 5.32 Å². The van der Waals surface area contributed by atoms with Crippen molar-refractivity contribution >= 4 is 0 Å². The molecule has 0 radical (unpaired) electrons. The van der Waals surface area contributed by atoms with Crippen molar-refractivity contribution in [2.75, 3.05) is 33.3 Å². The second-order valence-electron chi connectivity index (χ2n) is 5.75. The van der Waals surface area contributed by atoms with Crippen molar-refractivity contribution in [3.63, 3.8) is 0 Å². The molecule has 20 heavy (non-hydrogen) atoms. The average Bonchev–Trinajstić information content (AvgIpc) is 2.47. The summed E-state index contributed by atoms with van der Waals surface area (Å²) in [5.74, 6) is 0.854. The van der Waals surface area contributed by atoms with Gasteiger partial charge in [0.25, 0.3) is 0 Å². The molecule has 2 heterocycles. The van der Waals surface area contributed by atoms with E-state index in [1.54, 1.807) is 0 Å². The van der Waals surface area contributed by atoms with Gasteiger partial charge in [0.2, 0.25) is 0 Å². The van der Waals surface area contributed by atoms with Gasteiger partial charge in [-0.25, -0.2) is 9.97 Å². The van der Waals surface area contributed by atoms with Crippen molar-refractivity contribution in [2.24, 2.45) is 0 Å². The Bertz CT molecular complexity index is 465. The molecule has 1 aliphatic carbocycles. The van der Waals surface area contributed by atoms with Crippen LogP contribution in [0.3, 0.4) is 0 Å². The minimum absolute atomic E-state index is 0.0264. The first-order valence-corrected chi connectivity index (χ1v) is 7.67. The van der Waals surface area contributed by atoms with Crippen molar-refractivity contribution in [3.8, 4) is 0 Å². The number of nitrogens with one attached hydrogen (secondary N) is 1. The van der Waals surface area contributed by atoms with E-state index >= 15 is 0 Å². The molecule has 3 rings (SSSR count). The molecular formula is C15H24N4O. The highest BCUT2D eigenvalue weighted by Crippen LogP contribution is 2.29. The highest BCUT2D eigenvalue weighted by molar-refractivity contribution is 5.25. The number of nitrogens with zero attached hydrogens (tertiary/aromatic N) is 3. The maximum absolute atomic E-state index is 5.82. The van der Waals surface area contributed by atoms with Gasteiger partial charge in [0.05, 0.1) is 6.61 Å². The number of hydrogen-bond acceptors (Lipinski definition) is 5. The van der Waals surface area contributed by atoms with Gasteiger partial charge in [0.15, 0.2) is 5.82 Å². The highest BCUT2D eigenvalue weighted by Gasteiger charge is 2.26. The predicted octanol–water partition coefficient (Wildman–Crippen LogP) is 1.47. The molecule has 1 aromatic rings. The van der Waals surface area contributed by atoms with Gasteiger partial charge in [-0.05, 0) is 32.9 Å². The fourth-order valence-electron chi connectivity index (χ4n) is 3.11. The summed E-state index contributed by atoms with van der Waals surface area (Å²) >= 11 is 0. The Morgan fingerprint density at radius 1 is 1.50 bits per heavy atom. The topological polar surface area (TPSA) is 50.3 Å². The van der Waals surface area contributed by atoms with Gasteiger partial charge in [-0.15, -0.1) is 0 Å². The van der Waals surface area contributed by atoms with E-state index in [0.717, 1.165) is 38.5 Å². The molecule has 1 aromatic heterocycles. The zero-order valence-corrected chi connectivity index (χ0v) is 12.4. The summed E-state index contributed by atoms with van der Waals surface area (Å²) in [7, 11) is 2.12. The van der Waals surface area contributed by atoms with Gasteiger partial charge in [0.1, 0.15) is 6.10 Å². The number of rotatable bonds is 3. The van der Waals surface area contributed by atoms with E-state index in [1.165, 1.54) is 24.1 Å². The monoisotopic (exact) mass is 276 g/mol. The summed E-state index contributed by atoms with van der Waals surface area (Å²) in [6, 6.07) is 0.424. The molecule has 1 N–H and O–H groups in total. The van der Waals surface area contributed by atoms with Crippen LogP contribution in [0.2, 0.25) is 0 Å². The summed E-state index contributed by atoms with van der Waals surface area (Å²) in [5.41, 5.74) is 2.50. The van der Waals surface area contributed by atoms with Crippen LogP contribution >= 0.6 is 0 Å². The SMILES string of the molecule is CCNC1CCCc2nc(C3CN(C)CCO3)ncc21. The van der Waals surface area contributed by atoms with Crippen LogP contribution in [0.5, 0.6) is 0 Å². The van der Waals surface area contributed by atoms with E-state index in [-0.39, 0.29) is 6.10 Å². The van der Waals surface area contributed by atoms with Crippen LogP contribution in [0.25, 0.3) is 0 Å². The Morgan fingerprint density at radius 2 is 2.40 bits per heavy atom. The largest absolute Gasteiger partial charge is 0.368 e. The molecule has 110 valence electrons. The zero-order valence-electron chi connectivity index (χ0n) is 12.4. The summed E-state index contributed by atoms with van der Waals surface area (Å²) in [6.07, 6.45) is 5.49. The molecule has 1 saturated heterocycles. The first-order valence-electron chi connectivity index (χ1n) is 7.67. The lowest BCUT2D eigenvalue weighted by atomic mass is 9.92. The van der Waals surface area contributed by atoms with Gasteiger partial charge in [-0.3, -0.25) is 0 Å². The Kier molecular flexibility index (Phi) is 4.29. The fraction of sp³-hybridized carbons (Fsp3) is 0.733. The minimum Gasteiger partial charge on any atom is -0.368 e. The Morgan fingerprint density at radius 3 is 3.20 bits per heavy atom. The van der Waals surface area contributed by atoms with Crippen LogP contribution in [0.4, 0.5) is 0 Å². The van der Waals surface area contributed by atoms with E-state index in [9.17, 15) is 0 Å². The Labute approximate surface area is 120 Å². The molecule has 5 nitrogen and oxygen atoms in total. The van der Waals surface area contributed by atoms with Crippen molar-refractivity contribution in [1.82, 2.24) is 20.2 Å². The number of hydrogen-bond donors (Lipinski definition) is 1. The lowest BCUT2D eigenvalue weighted by Gasteiger charge is -2.30. The number of aryl methyl sites for hydroxylation is 1. The number of aromatic nitrogens is 2. The van der Waals surface area contributed by atoms with E-state index in [0.29, 0.717) is 6.04 Å². The van der Waals surface area contributed by atoms with E-state index < -0.39 is 0 Å². The predicted molar refractivity (Wildman–Crippen MR) is 77.6 cm³/mol. The van der Waals surface area contributed by atoms with E-state index in [2.05, 4.69) is 29.2 Å². The Hall–Kier alpha value is -1.04. The standard InChI is InChI=1S/C15H24N4O/c1-3-16-12-5-4-6-13-11(12)9-17-15(18-13)14-10-19(2)7-8-20-14/h9,12,14,16H,3-8,10H2,1-2H3. The molecule has 1 aliphatic heterocycles. The van der Waals surface area contributed by atoms with Gasteiger partial charge < -0.3 is 15.0 Å². The number of likely N-dealkylation sites (N-methyl/N-ethyl adjacent to an activating group) is 1. The van der Waals surface area contributed by atoms with Crippen LogP contribution in [-0.4, -0.2) is 48.2 Å². The van der Waals surface area contributed by atoms with Crippen LogP contribution in [0, 0.1) is 0 Å². The molecule has 0 amide bonds. The summed E-state index contributed by atoms with van der Waals surface area (Å²) in [5, 5.41) is 3.53.